The third-order valence-electron chi connectivity index (χ3n) is 5.08. The molecule has 0 amide bonds. The van der Waals surface area contributed by atoms with Crippen molar-refractivity contribution in [1.29, 1.82) is 0 Å². The largest absolute Gasteiger partial charge is 0.492 e. The van der Waals surface area contributed by atoms with E-state index in [1.165, 1.54) is 16.0 Å². The Morgan fingerprint density at radius 2 is 2.07 bits per heavy atom. The summed E-state index contributed by atoms with van der Waals surface area (Å²) in [6.07, 6.45) is 2.95. The van der Waals surface area contributed by atoms with E-state index in [0.717, 1.165) is 31.8 Å². The van der Waals surface area contributed by atoms with Crippen LogP contribution in [0.5, 0.6) is 5.75 Å². The monoisotopic (exact) mass is 386 g/mol. The first-order valence-electron chi connectivity index (χ1n) is 9.58. The van der Waals surface area contributed by atoms with Gasteiger partial charge in [-0.2, -0.15) is 0 Å². The summed E-state index contributed by atoms with van der Waals surface area (Å²) in [6.45, 7) is 5.69. The fourth-order valence-electron chi connectivity index (χ4n) is 3.58. The van der Waals surface area contributed by atoms with Crippen LogP contribution in [0.3, 0.4) is 0 Å². The third-order valence-corrected chi connectivity index (χ3v) is 5.82. The zero-order valence-corrected chi connectivity index (χ0v) is 17.0. The van der Waals surface area contributed by atoms with Gasteiger partial charge in [0.1, 0.15) is 12.4 Å². The molecule has 27 heavy (non-hydrogen) atoms. The molecule has 0 aliphatic carbocycles. The van der Waals surface area contributed by atoms with Crippen molar-refractivity contribution in [3.63, 3.8) is 0 Å². The minimum Gasteiger partial charge on any atom is -0.492 e. The molecule has 0 aromatic heterocycles. The number of rotatable bonds is 8. The van der Waals surface area contributed by atoms with Gasteiger partial charge >= 0.3 is 0 Å². The number of piperazine rings is 1. The predicted molar refractivity (Wildman–Crippen MR) is 113 cm³/mol. The lowest BCUT2D eigenvalue weighted by molar-refractivity contribution is 0.0807. The molecule has 4 nitrogen and oxygen atoms in total. The highest BCUT2D eigenvalue weighted by Crippen LogP contribution is 2.19. The normalized spacial score (nSPS) is 19.0. The maximum atomic E-state index is 9.96. The van der Waals surface area contributed by atoms with Crippen LogP contribution < -0.4 is 10.1 Å². The summed E-state index contributed by atoms with van der Waals surface area (Å²) >= 11 is 1.73. The predicted octanol–water partition coefficient (Wildman–Crippen LogP) is 2.97. The number of hydrogen-bond donors (Lipinski definition) is 2. The molecule has 5 heteroatoms. The van der Waals surface area contributed by atoms with Gasteiger partial charge in [0.2, 0.25) is 0 Å². The summed E-state index contributed by atoms with van der Waals surface area (Å²) in [4.78, 5) is 3.63. The van der Waals surface area contributed by atoms with E-state index < -0.39 is 0 Å². The number of benzene rings is 2. The number of hydrogen-bond acceptors (Lipinski definition) is 5. The van der Waals surface area contributed by atoms with Crippen LogP contribution in [0.25, 0.3) is 0 Å². The first kappa shape index (κ1) is 20.2. The van der Waals surface area contributed by atoms with Gasteiger partial charge < -0.3 is 15.2 Å². The van der Waals surface area contributed by atoms with Gasteiger partial charge in [-0.25, -0.2) is 0 Å². The van der Waals surface area contributed by atoms with E-state index in [2.05, 4.69) is 59.8 Å². The van der Waals surface area contributed by atoms with Crippen molar-refractivity contribution in [2.75, 3.05) is 39.1 Å². The van der Waals surface area contributed by atoms with Crippen LogP contribution in [0.2, 0.25) is 0 Å². The molecule has 1 aliphatic heterocycles. The summed E-state index contributed by atoms with van der Waals surface area (Å²) in [5.74, 6) is 0.908. The van der Waals surface area contributed by atoms with E-state index >= 15 is 0 Å². The fourth-order valence-corrected chi connectivity index (χ4v) is 3.99. The number of ether oxygens (including phenoxy) is 1. The van der Waals surface area contributed by atoms with Crippen molar-refractivity contribution < 1.29 is 9.84 Å². The van der Waals surface area contributed by atoms with Crippen molar-refractivity contribution >= 4 is 11.8 Å². The van der Waals surface area contributed by atoms with E-state index in [0.29, 0.717) is 6.61 Å². The number of thioether (sulfide) groups is 1. The molecule has 0 spiro atoms. The number of nitrogens with one attached hydrogen (secondary N) is 1. The van der Waals surface area contributed by atoms with Crippen LogP contribution in [0.15, 0.2) is 53.4 Å². The molecule has 2 aromatic carbocycles. The van der Waals surface area contributed by atoms with Crippen molar-refractivity contribution in [2.45, 2.75) is 30.3 Å². The molecule has 3 rings (SSSR count). The Labute approximate surface area is 166 Å². The molecule has 0 radical (unpaired) electrons. The van der Waals surface area contributed by atoms with Gasteiger partial charge in [0.15, 0.2) is 0 Å². The van der Waals surface area contributed by atoms with Gasteiger partial charge in [0, 0.05) is 30.6 Å². The van der Waals surface area contributed by atoms with Crippen molar-refractivity contribution in [3.8, 4) is 5.75 Å². The molecule has 2 unspecified atom stereocenters. The Morgan fingerprint density at radius 3 is 2.78 bits per heavy atom. The SMILES string of the molecule is CSc1ccc(OCC2CN(C(CO)Cc3cccc(C)c3)CCN2)cc1. The second-order valence-corrected chi connectivity index (χ2v) is 8.04. The van der Waals surface area contributed by atoms with E-state index in [4.69, 9.17) is 4.74 Å². The van der Waals surface area contributed by atoms with Crippen molar-refractivity contribution in [3.05, 3.63) is 59.7 Å². The lowest BCUT2D eigenvalue weighted by atomic mass is 10.0. The smallest absolute Gasteiger partial charge is 0.119 e. The first-order chi connectivity index (χ1) is 13.2. The Morgan fingerprint density at radius 1 is 1.26 bits per heavy atom. The Balaban J connectivity index is 1.53. The first-order valence-corrected chi connectivity index (χ1v) is 10.8. The standard InChI is InChI=1S/C22H30N2O2S/c1-17-4-3-5-18(12-17)13-20(15-25)24-11-10-23-19(14-24)16-26-21-6-8-22(27-2)9-7-21/h3-9,12,19-20,23,25H,10-11,13-16H2,1-2H3. The molecule has 1 aliphatic rings. The summed E-state index contributed by atoms with van der Waals surface area (Å²) < 4.78 is 5.98. The van der Waals surface area contributed by atoms with Crippen LogP contribution in [0, 0.1) is 6.92 Å². The van der Waals surface area contributed by atoms with Gasteiger partial charge in [-0.3, -0.25) is 4.90 Å². The van der Waals surface area contributed by atoms with E-state index in [9.17, 15) is 5.11 Å². The molecule has 146 valence electrons. The fraction of sp³-hybridized carbons (Fsp3) is 0.455. The van der Waals surface area contributed by atoms with Crippen LogP contribution in [-0.2, 0) is 6.42 Å². The Hall–Kier alpha value is -1.53. The molecule has 0 bridgehead atoms. The molecule has 1 saturated heterocycles. The maximum Gasteiger partial charge on any atom is 0.119 e. The average Bonchev–Trinajstić information content (AvgIpc) is 2.71. The highest BCUT2D eigenvalue weighted by molar-refractivity contribution is 7.98. The maximum absolute atomic E-state index is 9.96. The van der Waals surface area contributed by atoms with Gasteiger partial charge in [0.05, 0.1) is 12.6 Å². The molecule has 1 heterocycles. The van der Waals surface area contributed by atoms with Crippen LogP contribution in [0.1, 0.15) is 11.1 Å². The van der Waals surface area contributed by atoms with Crippen LogP contribution in [-0.4, -0.2) is 61.2 Å². The van der Waals surface area contributed by atoms with Crippen molar-refractivity contribution in [2.24, 2.45) is 0 Å². The van der Waals surface area contributed by atoms with E-state index in [1.54, 1.807) is 11.8 Å². The Bertz CT molecular complexity index is 708. The second kappa shape index (κ2) is 10.1. The zero-order chi connectivity index (χ0) is 19.1. The summed E-state index contributed by atoms with van der Waals surface area (Å²) in [5.41, 5.74) is 2.55. The highest BCUT2D eigenvalue weighted by atomic mass is 32.2. The number of aliphatic hydroxyl groups excluding tert-OH is 1. The number of aliphatic hydroxyl groups is 1. The van der Waals surface area contributed by atoms with Gasteiger partial charge in [-0.1, -0.05) is 29.8 Å². The van der Waals surface area contributed by atoms with Crippen LogP contribution >= 0.6 is 11.8 Å². The molecule has 1 fully saturated rings. The molecule has 0 saturated carbocycles. The molecule has 2 aromatic rings. The van der Waals surface area contributed by atoms with E-state index in [-0.39, 0.29) is 18.7 Å². The van der Waals surface area contributed by atoms with Crippen LogP contribution in [0.4, 0.5) is 0 Å². The second-order valence-electron chi connectivity index (χ2n) is 7.16. The minimum absolute atomic E-state index is 0.150. The minimum atomic E-state index is 0.150. The summed E-state index contributed by atoms with van der Waals surface area (Å²) in [5, 5.41) is 13.5. The molecular weight excluding hydrogens is 356 g/mol. The topological polar surface area (TPSA) is 44.7 Å². The average molecular weight is 387 g/mol. The molecule has 2 N–H and O–H groups in total. The van der Waals surface area contributed by atoms with Crippen molar-refractivity contribution in [1.82, 2.24) is 10.2 Å². The molecular formula is C22H30N2O2S. The summed E-state index contributed by atoms with van der Waals surface area (Å²) in [7, 11) is 0. The van der Waals surface area contributed by atoms with E-state index in [1.807, 2.05) is 12.1 Å². The van der Waals surface area contributed by atoms with Gasteiger partial charge in [-0.05, 0) is 49.4 Å². The quantitative estimate of drug-likeness (QED) is 0.683. The molecule has 2 atom stereocenters. The number of nitrogens with zero attached hydrogens (tertiary/aromatic N) is 1. The third kappa shape index (κ3) is 5.98. The summed E-state index contributed by atoms with van der Waals surface area (Å²) in [6, 6.07) is 17.2. The van der Waals surface area contributed by atoms with Gasteiger partial charge in [0.25, 0.3) is 0 Å². The lowest BCUT2D eigenvalue weighted by Crippen LogP contribution is -2.57. The number of aryl methyl sites for hydroxylation is 1. The highest BCUT2D eigenvalue weighted by Gasteiger charge is 2.25. The lowest BCUT2D eigenvalue weighted by Gasteiger charge is -2.38. The Kier molecular flexibility index (Phi) is 7.59. The van der Waals surface area contributed by atoms with Gasteiger partial charge in [-0.15, -0.1) is 11.8 Å². The zero-order valence-electron chi connectivity index (χ0n) is 16.2.